The quantitative estimate of drug-likeness (QED) is 0.374. The summed E-state index contributed by atoms with van der Waals surface area (Å²) in [5, 5.41) is 12.7. The zero-order chi connectivity index (χ0) is 28.1. The van der Waals surface area contributed by atoms with E-state index in [0.717, 1.165) is 31.3 Å². The average Bonchev–Trinajstić information content (AvgIpc) is 3.33. The smallest absolute Gasteiger partial charge is 0.258 e. The largest absolute Gasteiger partial charge is 0.460 e. The number of amides is 1. The molecule has 1 atom stereocenters. The molecule has 214 valence electrons. The number of nitrogens with zero attached hydrogens (tertiary/aromatic N) is 3. The first-order valence-electron chi connectivity index (χ1n) is 13.7. The predicted molar refractivity (Wildman–Crippen MR) is 150 cm³/mol. The number of benzene rings is 1. The Balaban J connectivity index is 1.32. The molecule has 1 saturated carbocycles. The normalized spacial score (nSPS) is 22.3. The number of sulfonamides is 1. The molecule has 1 aromatic carbocycles. The lowest BCUT2D eigenvalue weighted by molar-refractivity contribution is 0.102. The number of aromatic nitrogens is 1. The third-order valence-electron chi connectivity index (χ3n) is 8.43. The van der Waals surface area contributed by atoms with Gasteiger partial charge in [-0.2, -0.15) is 0 Å². The molecule has 1 unspecified atom stereocenters. The highest BCUT2D eigenvalue weighted by atomic mass is 32.2. The molecule has 10 nitrogen and oxygen atoms in total. The van der Waals surface area contributed by atoms with Crippen LogP contribution >= 0.6 is 0 Å². The highest BCUT2D eigenvalue weighted by Gasteiger charge is 2.44. The molecule has 1 aliphatic carbocycles. The van der Waals surface area contributed by atoms with Crippen LogP contribution in [0.15, 0.2) is 45.9 Å². The Morgan fingerprint density at radius 2 is 1.85 bits per heavy atom. The van der Waals surface area contributed by atoms with Crippen molar-refractivity contribution in [2.24, 2.45) is 5.41 Å². The molecule has 3 aliphatic rings. The van der Waals surface area contributed by atoms with Gasteiger partial charge in [-0.15, -0.1) is 0 Å². The molecule has 2 saturated heterocycles. The summed E-state index contributed by atoms with van der Waals surface area (Å²) in [5.74, 6) is 0.345. The molecule has 0 radical (unpaired) electrons. The van der Waals surface area contributed by atoms with Gasteiger partial charge in [-0.3, -0.25) is 4.79 Å². The maximum Gasteiger partial charge on any atom is 0.258 e. The third-order valence-corrected chi connectivity index (χ3v) is 9.89. The monoisotopic (exact) mass is 571 g/mol. The first kappa shape index (κ1) is 27.0. The van der Waals surface area contributed by atoms with Crippen molar-refractivity contribution in [3.63, 3.8) is 0 Å². The molecule has 1 amide bonds. The molecular formula is C28H34FN5O5S. The van der Waals surface area contributed by atoms with E-state index in [4.69, 9.17) is 9.52 Å². The Hall–Kier alpha value is -3.22. The van der Waals surface area contributed by atoms with Gasteiger partial charge < -0.3 is 24.6 Å². The predicted octanol–water partition coefficient (Wildman–Crippen LogP) is 3.67. The van der Waals surface area contributed by atoms with Gasteiger partial charge in [-0.05, 0) is 68.4 Å². The molecule has 4 heterocycles. The van der Waals surface area contributed by atoms with Crippen LogP contribution in [0.5, 0.6) is 0 Å². The van der Waals surface area contributed by atoms with Crippen LogP contribution in [0.2, 0.25) is 0 Å². The SMILES string of the molecule is CC1(F)CCN(c2nc(NC(=O)c3ccc(S(=O)(=O)NCCO)cc3N3CCC4(CC3)CC4)cc3ccoc23)C1. The highest BCUT2D eigenvalue weighted by Crippen LogP contribution is 2.54. The van der Waals surface area contributed by atoms with Crippen LogP contribution in [0.3, 0.4) is 0 Å². The van der Waals surface area contributed by atoms with E-state index in [9.17, 15) is 17.6 Å². The minimum Gasteiger partial charge on any atom is -0.460 e. The number of carbonyl (C=O) groups is 1. The van der Waals surface area contributed by atoms with Gasteiger partial charge in [0, 0.05) is 38.0 Å². The molecule has 3 aromatic rings. The van der Waals surface area contributed by atoms with Crippen molar-refractivity contribution in [3.05, 3.63) is 42.2 Å². The van der Waals surface area contributed by atoms with Gasteiger partial charge in [0.05, 0.1) is 35.6 Å². The molecule has 3 N–H and O–H groups in total. The zero-order valence-electron chi connectivity index (χ0n) is 22.5. The zero-order valence-corrected chi connectivity index (χ0v) is 23.3. The van der Waals surface area contributed by atoms with Crippen LogP contribution in [0, 0.1) is 5.41 Å². The Morgan fingerprint density at radius 1 is 1.10 bits per heavy atom. The highest BCUT2D eigenvalue weighted by molar-refractivity contribution is 7.89. The molecule has 0 bridgehead atoms. The number of carbonyl (C=O) groups excluding carboxylic acids is 1. The molecule has 6 rings (SSSR count). The van der Waals surface area contributed by atoms with E-state index in [1.165, 1.54) is 37.3 Å². The maximum atomic E-state index is 14.6. The fraction of sp³-hybridized carbons (Fsp3) is 0.500. The minimum atomic E-state index is -3.87. The van der Waals surface area contributed by atoms with E-state index in [0.29, 0.717) is 46.9 Å². The summed E-state index contributed by atoms with van der Waals surface area (Å²) in [6.45, 7) is 3.26. The maximum absolute atomic E-state index is 14.6. The fourth-order valence-corrected chi connectivity index (χ4v) is 6.86. The summed E-state index contributed by atoms with van der Waals surface area (Å²) in [6, 6.07) is 7.93. The summed E-state index contributed by atoms with van der Waals surface area (Å²) in [7, 11) is -3.87. The van der Waals surface area contributed by atoms with E-state index in [2.05, 4.69) is 19.9 Å². The lowest BCUT2D eigenvalue weighted by Crippen LogP contribution is -2.36. The topological polar surface area (TPSA) is 128 Å². The van der Waals surface area contributed by atoms with Gasteiger partial charge in [0.25, 0.3) is 5.91 Å². The third kappa shape index (κ3) is 5.27. The Labute approximate surface area is 232 Å². The number of anilines is 3. The van der Waals surface area contributed by atoms with Crippen molar-refractivity contribution >= 4 is 44.2 Å². The number of halogens is 1. The second-order valence-electron chi connectivity index (χ2n) is 11.5. The van der Waals surface area contributed by atoms with Crippen LogP contribution in [0.25, 0.3) is 11.0 Å². The molecule has 3 fully saturated rings. The van der Waals surface area contributed by atoms with Crippen molar-refractivity contribution < 1.29 is 27.1 Å². The van der Waals surface area contributed by atoms with E-state index in [1.807, 2.05) is 4.90 Å². The lowest BCUT2D eigenvalue weighted by Gasteiger charge is -2.35. The fourth-order valence-electron chi connectivity index (χ4n) is 5.82. The standard InChI is InChI=1S/C28H34FN5O5S/c1-27(29)7-11-34(18-27)25-24-19(4-15-39-24)16-23(31-25)32-26(36)21-3-2-20(40(37,38)30-10-14-35)17-22(21)33-12-8-28(5-6-28)9-13-33/h2-4,15-17,30,35H,5-14,18H2,1H3,(H,31,32,36). The lowest BCUT2D eigenvalue weighted by atomic mass is 9.93. The number of rotatable bonds is 8. The van der Waals surface area contributed by atoms with Gasteiger partial charge in [-0.1, -0.05) is 0 Å². The minimum absolute atomic E-state index is 0.0303. The van der Waals surface area contributed by atoms with Gasteiger partial charge in [0.2, 0.25) is 10.0 Å². The van der Waals surface area contributed by atoms with Gasteiger partial charge >= 0.3 is 0 Å². The molecule has 40 heavy (non-hydrogen) atoms. The van der Waals surface area contributed by atoms with Crippen molar-refractivity contribution in [1.82, 2.24) is 9.71 Å². The number of alkyl halides is 1. The molecule has 2 aliphatic heterocycles. The summed E-state index contributed by atoms with van der Waals surface area (Å²) in [4.78, 5) is 22.3. The Morgan fingerprint density at radius 3 is 2.52 bits per heavy atom. The van der Waals surface area contributed by atoms with E-state index in [-0.39, 0.29) is 24.6 Å². The van der Waals surface area contributed by atoms with Crippen LogP contribution in [0.1, 0.15) is 49.4 Å². The first-order chi connectivity index (χ1) is 19.1. The summed E-state index contributed by atoms with van der Waals surface area (Å²) in [6.07, 6.45) is 6.35. The molecule has 12 heteroatoms. The number of fused-ring (bicyclic) bond motifs is 1. The Bertz CT molecular complexity index is 1540. The number of piperidine rings is 1. The van der Waals surface area contributed by atoms with Crippen LogP contribution in [0.4, 0.5) is 21.7 Å². The number of aliphatic hydroxyl groups excluding tert-OH is 1. The van der Waals surface area contributed by atoms with Crippen molar-refractivity contribution in [1.29, 1.82) is 0 Å². The summed E-state index contributed by atoms with van der Waals surface area (Å²) in [5.41, 5.74) is 0.467. The van der Waals surface area contributed by atoms with Crippen molar-refractivity contribution in [3.8, 4) is 0 Å². The summed E-state index contributed by atoms with van der Waals surface area (Å²) < 4.78 is 48.3. The number of hydrogen-bond acceptors (Lipinski definition) is 8. The number of hydrogen-bond donors (Lipinski definition) is 3. The van der Waals surface area contributed by atoms with E-state index < -0.39 is 21.6 Å². The van der Waals surface area contributed by atoms with Gasteiger partial charge in [-0.25, -0.2) is 22.5 Å². The first-order valence-corrected chi connectivity index (χ1v) is 15.2. The number of furan rings is 1. The van der Waals surface area contributed by atoms with Crippen molar-refractivity contribution in [2.45, 2.75) is 49.6 Å². The van der Waals surface area contributed by atoms with Crippen LogP contribution in [-0.4, -0.2) is 69.4 Å². The molecular weight excluding hydrogens is 537 g/mol. The second kappa shape index (κ2) is 10.0. The number of nitrogens with one attached hydrogen (secondary N) is 2. The Kier molecular flexibility index (Phi) is 6.75. The van der Waals surface area contributed by atoms with E-state index in [1.54, 1.807) is 19.1 Å². The van der Waals surface area contributed by atoms with E-state index >= 15 is 0 Å². The van der Waals surface area contributed by atoms with Crippen molar-refractivity contribution in [2.75, 3.05) is 54.4 Å². The average molecular weight is 572 g/mol. The molecule has 1 spiro atoms. The number of aliphatic hydroxyl groups is 1. The van der Waals surface area contributed by atoms with Gasteiger partial charge in [0.15, 0.2) is 11.4 Å². The molecule has 2 aromatic heterocycles. The number of pyridine rings is 1. The second-order valence-corrected chi connectivity index (χ2v) is 13.3. The van der Waals surface area contributed by atoms with Crippen LogP contribution in [-0.2, 0) is 10.0 Å². The van der Waals surface area contributed by atoms with Gasteiger partial charge in [0.1, 0.15) is 11.5 Å². The summed E-state index contributed by atoms with van der Waals surface area (Å²) >= 11 is 0. The van der Waals surface area contributed by atoms with Crippen LogP contribution < -0.4 is 19.8 Å².